The Morgan fingerprint density at radius 2 is 2.05 bits per heavy atom. The van der Waals surface area contributed by atoms with Crippen LogP contribution in [0.2, 0.25) is 0 Å². The van der Waals surface area contributed by atoms with Crippen LogP contribution in [0.1, 0.15) is 41.9 Å². The van der Waals surface area contributed by atoms with Gasteiger partial charge in [0, 0.05) is 23.2 Å². The molecule has 0 aliphatic rings. The highest BCUT2D eigenvalue weighted by molar-refractivity contribution is 5.98. The van der Waals surface area contributed by atoms with Gasteiger partial charge < -0.3 is 5.32 Å². The summed E-state index contributed by atoms with van der Waals surface area (Å²) in [7, 11) is 0. The van der Waals surface area contributed by atoms with Gasteiger partial charge in [0.2, 0.25) is 0 Å². The van der Waals surface area contributed by atoms with Gasteiger partial charge >= 0.3 is 0 Å². The monoisotopic (exact) mass is 256 g/mol. The Hall–Kier alpha value is -1.90. The minimum absolute atomic E-state index is 0.0231. The van der Waals surface area contributed by atoms with Crippen LogP contribution in [0, 0.1) is 6.92 Å². The summed E-state index contributed by atoms with van der Waals surface area (Å²) in [6, 6.07) is 7.87. The highest BCUT2D eigenvalue weighted by Crippen LogP contribution is 2.20. The molecule has 1 aromatic carbocycles. The Labute approximate surface area is 114 Å². The molecule has 1 N–H and O–H groups in total. The summed E-state index contributed by atoms with van der Waals surface area (Å²) in [5.74, 6) is -0.0231. The first-order valence-corrected chi connectivity index (χ1v) is 6.84. The van der Waals surface area contributed by atoms with E-state index in [2.05, 4.69) is 23.3 Å². The molecule has 0 aliphatic heterocycles. The summed E-state index contributed by atoms with van der Waals surface area (Å²) in [6.07, 6.45) is 1.91. The van der Waals surface area contributed by atoms with Crippen LogP contribution in [0.3, 0.4) is 0 Å². The maximum Gasteiger partial charge on any atom is 0.251 e. The lowest BCUT2D eigenvalue weighted by Gasteiger charge is -2.08. The van der Waals surface area contributed by atoms with Crippen molar-refractivity contribution < 1.29 is 4.79 Å². The van der Waals surface area contributed by atoms with Crippen molar-refractivity contribution in [2.24, 2.45) is 0 Å². The van der Waals surface area contributed by atoms with Gasteiger partial charge in [-0.1, -0.05) is 19.9 Å². The maximum atomic E-state index is 11.9. The van der Waals surface area contributed by atoms with Gasteiger partial charge in [-0.2, -0.15) is 0 Å². The van der Waals surface area contributed by atoms with Crippen molar-refractivity contribution in [2.45, 2.75) is 33.6 Å². The quantitative estimate of drug-likeness (QED) is 0.912. The Morgan fingerprint density at radius 1 is 1.26 bits per heavy atom. The van der Waals surface area contributed by atoms with Crippen molar-refractivity contribution in [1.82, 2.24) is 10.3 Å². The lowest BCUT2D eigenvalue weighted by Crippen LogP contribution is -2.23. The molecule has 0 bridgehead atoms. The molecule has 0 saturated heterocycles. The lowest BCUT2D eigenvalue weighted by atomic mass is 10.0. The largest absolute Gasteiger partial charge is 0.352 e. The standard InChI is InChI=1S/C16H20N2O/c1-4-8-17-16(19)13-6-7-14-12(5-2)9-11(3)18-15(14)10-13/h6-7,9-10H,4-5,8H2,1-3H3,(H,17,19). The zero-order valence-electron chi connectivity index (χ0n) is 11.8. The maximum absolute atomic E-state index is 11.9. The van der Waals surface area contributed by atoms with Gasteiger partial charge in [0.15, 0.2) is 0 Å². The van der Waals surface area contributed by atoms with Crippen LogP contribution >= 0.6 is 0 Å². The molecule has 0 unspecified atom stereocenters. The van der Waals surface area contributed by atoms with Gasteiger partial charge in [0.25, 0.3) is 5.91 Å². The highest BCUT2D eigenvalue weighted by atomic mass is 16.1. The average molecular weight is 256 g/mol. The Morgan fingerprint density at radius 3 is 2.74 bits per heavy atom. The second kappa shape index (κ2) is 5.83. The van der Waals surface area contributed by atoms with E-state index in [0.717, 1.165) is 29.4 Å². The van der Waals surface area contributed by atoms with E-state index in [4.69, 9.17) is 0 Å². The molecule has 19 heavy (non-hydrogen) atoms. The number of hydrogen-bond donors (Lipinski definition) is 1. The molecule has 1 aromatic heterocycles. The summed E-state index contributed by atoms with van der Waals surface area (Å²) in [5, 5.41) is 4.03. The Bertz CT molecular complexity index is 605. The summed E-state index contributed by atoms with van der Waals surface area (Å²) in [6.45, 7) is 6.87. The molecular formula is C16H20N2O. The third kappa shape index (κ3) is 2.92. The number of rotatable bonds is 4. The fourth-order valence-electron chi connectivity index (χ4n) is 2.22. The minimum atomic E-state index is -0.0231. The molecule has 100 valence electrons. The number of nitrogens with one attached hydrogen (secondary N) is 1. The normalized spacial score (nSPS) is 10.7. The van der Waals surface area contributed by atoms with E-state index in [-0.39, 0.29) is 5.91 Å². The highest BCUT2D eigenvalue weighted by Gasteiger charge is 2.08. The van der Waals surface area contributed by atoms with Gasteiger partial charge in [-0.25, -0.2) is 0 Å². The fourth-order valence-corrected chi connectivity index (χ4v) is 2.22. The number of fused-ring (bicyclic) bond motifs is 1. The van der Waals surface area contributed by atoms with Gasteiger partial charge in [-0.15, -0.1) is 0 Å². The van der Waals surface area contributed by atoms with E-state index in [9.17, 15) is 4.79 Å². The number of amides is 1. The van der Waals surface area contributed by atoms with Crippen LogP contribution < -0.4 is 5.32 Å². The molecule has 0 radical (unpaired) electrons. The molecular weight excluding hydrogens is 236 g/mol. The number of aromatic nitrogens is 1. The van der Waals surface area contributed by atoms with E-state index in [1.54, 1.807) is 0 Å². The predicted octanol–water partition coefficient (Wildman–Crippen LogP) is 3.25. The zero-order chi connectivity index (χ0) is 13.8. The lowest BCUT2D eigenvalue weighted by molar-refractivity contribution is 0.0954. The van der Waals surface area contributed by atoms with E-state index in [0.29, 0.717) is 12.1 Å². The van der Waals surface area contributed by atoms with Gasteiger partial charge in [0.1, 0.15) is 0 Å². The van der Waals surface area contributed by atoms with Gasteiger partial charge in [-0.3, -0.25) is 9.78 Å². The molecule has 0 saturated carbocycles. The fraction of sp³-hybridized carbons (Fsp3) is 0.375. The van der Waals surface area contributed by atoms with Crippen molar-refractivity contribution in [2.75, 3.05) is 6.54 Å². The minimum Gasteiger partial charge on any atom is -0.352 e. The molecule has 1 heterocycles. The number of carbonyl (C=O) groups is 1. The second-order valence-electron chi connectivity index (χ2n) is 4.76. The number of nitrogens with zero attached hydrogens (tertiary/aromatic N) is 1. The summed E-state index contributed by atoms with van der Waals surface area (Å²) in [4.78, 5) is 16.5. The molecule has 2 aromatic rings. The number of pyridine rings is 1. The topological polar surface area (TPSA) is 42.0 Å². The first kappa shape index (κ1) is 13.5. The predicted molar refractivity (Wildman–Crippen MR) is 78.5 cm³/mol. The molecule has 2 rings (SSSR count). The van der Waals surface area contributed by atoms with Crippen LogP contribution in [0.25, 0.3) is 10.9 Å². The first-order chi connectivity index (χ1) is 9.15. The van der Waals surface area contributed by atoms with Gasteiger partial charge in [0.05, 0.1) is 5.52 Å². The van der Waals surface area contributed by atoms with E-state index < -0.39 is 0 Å². The number of hydrogen-bond acceptors (Lipinski definition) is 2. The summed E-state index contributed by atoms with van der Waals surface area (Å²) < 4.78 is 0. The number of carbonyl (C=O) groups excluding carboxylic acids is 1. The summed E-state index contributed by atoms with van der Waals surface area (Å²) in [5.41, 5.74) is 3.86. The molecule has 1 amide bonds. The third-order valence-corrected chi connectivity index (χ3v) is 3.20. The van der Waals surface area contributed by atoms with Gasteiger partial charge in [-0.05, 0) is 43.5 Å². The molecule has 0 spiro atoms. The third-order valence-electron chi connectivity index (χ3n) is 3.20. The van der Waals surface area contributed by atoms with Crippen molar-refractivity contribution in [3.63, 3.8) is 0 Å². The van der Waals surface area contributed by atoms with Crippen molar-refractivity contribution >= 4 is 16.8 Å². The summed E-state index contributed by atoms with van der Waals surface area (Å²) >= 11 is 0. The zero-order valence-corrected chi connectivity index (χ0v) is 11.8. The van der Waals surface area contributed by atoms with Crippen molar-refractivity contribution in [1.29, 1.82) is 0 Å². The first-order valence-electron chi connectivity index (χ1n) is 6.84. The van der Waals surface area contributed by atoms with Crippen LogP contribution in [-0.4, -0.2) is 17.4 Å². The average Bonchev–Trinajstić information content (AvgIpc) is 2.42. The Kier molecular flexibility index (Phi) is 4.15. The number of aryl methyl sites for hydroxylation is 2. The van der Waals surface area contributed by atoms with Crippen LogP contribution in [0.4, 0.5) is 0 Å². The second-order valence-corrected chi connectivity index (χ2v) is 4.76. The van der Waals surface area contributed by atoms with E-state index in [1.165, 1.54) is 5.56 Å². The molecule has 0 aliphatic carbocycles. The van der Waals surface area contributed by atoms with Crippen molar-refractivity contribution in [3.8, 4) is 0 Å². The molecule has 3 heteroatoms. The number of benzene rings is 1. The molecule has 0 atom stereocenters. The molecule has 3 nitrogen and oxygen atoms in total. The van der Waals surface area contributed by atoms with Crippen molar-refractivity contribution in [3.05, 3.63) is 41.1 Å². The SMILES string of the molecule is CCCNC(=O)c1ccc2c(CC)cc(C)nc2c1. The smallest absolute Gasteiger partial charge is 0.251 e. The van der Waals surface area contributed by atoms with Crippen LogP contribution in [0.15, 0.2) is 24.3 Å². The Balaban J connectivity index is 2.43. The van der Waals surface area contributed by atoms with E-state index in [1.807, 2.05) is 32.0 Å². The van der Waals surface area contributed by atoms with E-state index >= 15 is 0 Å². The van der Waals surface area contributed by atoms with Crippen LogP contribution in [-0.2, 0) is 6.42 Å². The van der Waals surface area contributed by atoms with Crippen LogP contribution in [0.5, 0.6) is 0 Å². The molecule has 0 fully saturated rings.